The summed E-state index contributed by atoms with van der Waals surface area (Å²) in [5.74, 6) is -0.517. The number of nitrogens with zero attached hydrogens (tertiary/aromatic N) is 4. The number of hydrogen-bond donors (Lipinski definition) is 1. The van der Waals surface area contributed by atoms with Gasteiger partial charge in [0, 0.05) is 19.1 Å². The van der Waals surface area contributed by atoms with Crippen molar-refractivity contribution in [2.45, 2.75) is 44.8 Å². The molecule has 0 bridgehead atoms. The standard InChI is InChI=1S/C20H26FN5OS/c21-16-7-5-15(6-8-16)12-22-19(27)20-24-23-18(28-20)14-26-11-3-4-17(26)13-25-9-1-2-10-25/h5-8,17H,1-4,9-14H2,(H,22,27). The molecule has 0 saturated carbocycles. The highest BCUT2D eigenvalue weighted by atomic mass is 32.1. The van der Waals surface area contributed by atoms with Gasteiger partial charge in [0.1, 0.15) is 10.8 Å². The van der Waals surface area contributed by atoms with Gasteiger partial charge in [0.25, 0.3) is 5.91 Å². The molecule has 1 aromatic carbocycles. The fourth-order valence-corrected chi connectivity index (χ4v) is 4.80. The molecule has 0 spiro atoms. The Kier molecular flexibility index (Phi) is 6.29. The molecule has 1 unspecified atom stereocenters. The first-order chi connectivity index (χ1) is 13.7. The van der Waals surface area contributed by atoms with Gasteiger partial charge < -0.3 is 10.2 Å². The highest BCUT2D eigenvalue weighted by Crippen LogP contribution is 2.23. The second kappa shape index (κ2) is 9.07. The first kappa shape index (κ1) is 19.4. The second-order valence-electron chi connectivity index (χ2n) is 7.58. The molecule has 0 aliphatic carbocycles. The molecule has 1 aromatic heterocycles. The summed E-state index contributed by atoms with van der Waals surface area (Å²) in [6.07, 6.45) is 5.10. The SMILES string of the molecule is O=C(NCc1ccc(F)cc1)c1nnc(CN2CCCC2CN2CCCC2)s1. The lowest BCUT2D eigenvalue weighted by molar-refractivity contribution is 0.0950. The van der Waals surface area contributed by atoms with Crippen molar-refractivity contribution in [1.29, 1.82) is 0 Å². The second-order valence-corrected chi connectivity index (χ2v) is 8.65. The molecular weight excluding hydrogens is 377 g/mol. The molecule has 4 rings (SSSR count). The largest absolute Gasteiger partial charge is 0.346 e. The molecule has 3 heterocycles. The Hall–Kier alpha value is -1.90. The third-order valence-corrected chi connectivity index (χ3v) is 6.44. The molecule has 150 valence electrons. The van der Waals surface area contributed by atoms with E-state index in [9.17, 15) is 9.18 Å². The topological polar surface area (TPSA) is 61.4 Å². The first-order valence-corrected chi connectivity index (χ1v) is 10.8. The molecule has 6 nitrogen and oxygen atoms in total. The predicted octanol–water partition coefficient (Wildman–Crippen LogP) is 2.67. The minimum atomic E-state index is -0.284. The van der Waals surface area contributed by atoms with Crippen molar-refractivity contribution < 1.29 is 9.18 Å². The van der Waals surface area contributed by atoms with E-state index in [1.807, 2.05) is 0 Å². The van der Waals surface area contributed by atoms with Crippen molar-refractivity contribution in [3.63, 3.8) is 0 Å². The maximum absolute atomic E-state index is 13.0. The zero-order valence-electron chi connectivity index (χ0n) is 15.9. The number of nitrogens with one attached hydrogen (secondary N) is 1. The Bertz CT molecular complexity index is 790. The summed E-state index contributed by atoms with van der Waals surface area (Å²) < 4.78 is 13.0. The molecule has 1 N–H and O–H groups in total. The van der Waals surface area contributed by atoms with E-state index in [1.165, 1.54) is 62.2 Å². The van der Waals surface area contributed by atoms with Gasteiger partial charge in [-0.1, -0.05) is 23.5 Å². The zero-order chi connectivity index (χ0) is 19.3. The molecular formula is C20H26FN5OS. The molecule has 2 aromatic rings. The molecule has 1 atom stereocenters. The summed E-state index contributed by atoms with van der Waals surface area (Å²) in [6, 6.07) is 6.68. The molecule has 2 saturated heterocycles. The maximum Gasteiger partial charge on any atom is 0.282 e. The Balaban J connectivity index is 1.29. The maximum atomic E-state index is 13.0. The summed E-state index contributed by atoms with van der Waals surface area (Å²) in [5.41, 5.74) is 0.848. The van der Waals surface area contributed by atoms with E-state index < -0.39 is 0 Å². The first-order valence-electron chi connectivity index (χ1n) is 9.99. The van der Waals surface area contributed by atoms with Crippen molar-refractivity contribution >= 4 is 17.2 Å². The molecule has 28 heavy (non-hydrogen) atoms. The van der Waals surface area contributed by atoms with Crippen LogP contribution in [-0.4, -0.2) is 58.1 Å². The summed E-state index contributed by atoms with van der Waals surface area (Å²) >= 11 is 1.36. The van der Waals surface area contributed by atoms with Crippen molar-refractivity contribution in [3.8, 4) is 0 Å². The number of carbonyl (C=O) groups excluding carboxylic acids is 1. The molecule has 2 aliphatic heterocycles. The quantitative estimate of drug-likeness (QED) is 0.770. The van der Waals surface area contributed by atoms with E-state index >= 15 is 0 Å². The van der Waals surface area contributed by atoms with Gasteiger partial charge in [-0.15, -0.1) is 10.2 Å². The third-order valence-electron chi connectivity index (χ3n) is 5.53. The summed E-state index contributed by atoms with van der Waals surface area (Å²) in [4.78, 5) is 17.4. The summed E-state index contributed by atoms with van der Waals surface area (Å²) in [6.45, 7) is 5.79. The molecule has 0 radical (unpaired) electrons. The van der Waals surface area contributed by atoms with Crippen LogP contribution in [0.5, 0.6) is 0 Å². The van der Waals surface area contributed by atoms with Crippen LogP contribution in [0.4, 0.5) is 4.39 Å². The molecule has 1 amide bonds. The lowest BCUT2D eigenvalue weighted by Crippen LogP contribution is -2.38. The zero-order valence-corrected chi connectivity index (χ0v) is 16.8. The number of hydrogen-bond acceptors (Lipinski definition) is 6. The van der Waals surface area contributed by atoms with Crippen LogP contribution in [0.15, 0.2) is 24.3 Å². The van der Waals surface area contributed by atoms with E-state index in [4.69, 9.17) is 0 Å². The van der Waals surface area contributed by atoms with Gasteiger partial charge in [-0.25, -0.2) is 4.39 Å². The lowest BCUT2D eigenvalue weighted by Gasteiger charge is -2.27. The number of likely N-dealkylation sites (tertiary alicyclic amines) is 2. The van der Waals surface area contributed by atoms with Gasteiger partial charge >= 0.3 is 0 Å². The van der Waals surface area contributed by atoms with Crippen LogP contribution in [0.25, 0.3) is 0 Å². The minimum absolute atomic E-state index is 0.233. The van der Waals surface area contributed by atoms with Gasteiger partial charge in [-0.05, 0) is 63.0 Å². The Labute approximate surface area is 168 Å². The number of benzene rings is 1. The number of amides is 1. The molecule has 8 heteroatoms. The summed E-state index contributed by atoms with van der Waals surface area (Å²) in [5, 5.41) is 12.4. The highest BCUT2D eigenvalue weighted by molar-refractivity contribution is 7.13. The van der Waals surface area contributed by atoms with Crippen molar-refractivity contribution in [3.05, 3.63) is 45.7 Å². The normalized spacial score (nSPS) is 20.7. The van der Waals surface area contributed by atoms with E-state index in [2.05, 4.69) is 25.3 Å². The lowest BCUT2D eigenvalue weighted by atomic mass is 10.2. The third kappa shape index (κ3) is 4.92. The van der Waals surface area contributed by atoms with E-state index in [0.29, 0.717) is 17.6 Å². The van der Waals surface area contributed by atoms with Gasteiger partial charge in [0.05, 0.1) is 6.54 Å². The van der Waals surface area contributed by atoms with Crippen molar-refractivity contribution in [2.24, 2.45) is 0 Å². The van der Waals surface area contributed by atoms with Crippen LogP contribution in [0, 0.1) is 5.82 Å². The fraction of sp³-hybridized carbons (Fsp3) is 0.550. The van der Waals surface area contributed by atoms with Crippen molar-refractivity contribution in [2.75, 3.05) is 26.2 Å². The van der Waals surface area contributed by atoms with Crippen LogP contribution in [0.3, 0.4) is 0 Å². The van der Waals surface area contributed by atoms with Crippen LogP contribution >= 0.6 is 11.3 Å². The van der Waals surface area contributed by atoms with Crippen molar-refractivity contribution in [1.82, 2.24) is 25.3 Å². The summed E-state index contributed by atoms with van der Waals surface area (Å²) in [7, 11) is 0. The average Bonchev–Trinajstić information content (AvgIpc) is 3.45. The predicted molar refractivity (Wildman–Crippen MR) is 107 cm³/mol. The van der Waals surface area contributed by atoms with Gasteiger partial charge in [0.2, 0.25) is 5.01 Å². The number of rotatable bonds is 7. The Morgan fingerprint density at radius 1 is 1.14 bits per heavy atom. The minimum Gasteiger partial charge on any atom is -0.346 e. The molecule has 2 fully saturated rings. The molecule has 2 aliphatic rings. The van der Waals surface area contributed by atoms with Crippen LogP contribution in [-0.2, 0) is 13.1 Å². The number of carbonyl (C=O) groups is 1. The van der Waals surface area contributed by atoms with E-state index in [-0.39, 0.29) is 11.7 Å². The highest BCUT2D eigenvalue weighted by Gasteiger charge is 2.28. The van der Waals surface area contributed by atoms with Crippen LogP contribution in [0.2, 0.25) is 0 Å². The average molecular weight is 404 g/mol. The number of aromatic nitrogens is 2. The fourth-order valence-electron chi connectivity index (χ4n) is 4.02. The van der Waals surface area contributed by atoms with Gasteiger partial charge in [-0.3, -0.25) is 9.69 Å². The Morgan fingerprint density at radius 3 is 2.71 bits per heavy atom. The van der Waals surface area contributed by atoms with Crippen LogP contribution < -0.4 is 5.32 Å². The van der Waals surface area contributed by atoms with E-state index in [0.717, 1.165) is 30.2 Å². The van der Waals surface area contributed by atoms with Crippen LogP contribution in [0.1, 0.15) is 46.1 Å². The monoisotopic (exact) mass is 403 g/mol. The smallest absolute Gasteiger partial charge is 0.282 e. The van der Waals surface area contributed by atoms with Gasteiger partial charge in [-0.2, -0.15) is 0 Å². The van der Waals surface area contributed by atoms with E-state index in [1.54, 1.807) is 12.1 Å². The van der Waals surface area contributed by atoms with Gasteiger partial charge in [0.15, 0.2) is 0 Å². The Morgan fingerprint density at radius 2 is 1.93 bits per heavy atom. The number of halogens is 1.